The molecule has 0 aliphatic carbocycles. The number of rotatable bonds is 6. The molecule has 112 valence electrons. The van der Waals surface area contributed by atoms with Gasteiger partial charge in [0.15, 0.2) is 0 Å². The molecule has 5 heteroatoms. The van der Waals surface area contributed by atoms with Gasteiger partial charge in [0.1, 0.15) is 0 Å². The van der Waals surface area contributed by atoms with Gasteiger partial charge >= 0.3 is 11.9 Å². The summed E-state index contributed by atoms with van der Waals surface area (Å²) in [4.78, 5) is 23.3. The molecule has 0 saturated heterocycles. The highest BCUT2D eigenvalue weighted by molar-refractivity contribution is 6.01. The number of hydrogen-bond donors (Lipinski definition) is 1. The lowest BCUT2D eigenvalue weighted by atomic mass is 10.1. The first-order valence-electron chi connectivity index (χ1n) is 6.67. The Morgan fingerprint density at radius 2 is 1.67 bits per heavy atom. The second-order valence-electron chi connectivity index (χ2n) is 4.00. The van der Waals surface area contributed by atoms with E-state index in [1.54, 1.807) is 38.1 Å². The molecule has 0 aromatic heterocycles. The Balaban J connectivity index is 3.13. The second-order valence-corrected chi connectivity index (χ2v) is 4.00. The molecule has 0 amide bonds. The molecule has 0 unspecified atom stereocenters. The van der Waals surface area contributed by atoms with Crippen LogP contribution in [0.2, 0.25) is 0 Å². The largest absolute Gasteiger partial charge is 0.463 e. The minimum atomic E-state index is -0.584. The Morgan fingerprint density at radius 1 is 1.05 bits per heavy atom. The zero-order chi connectivity index (χ0) is 15.7. The molecule has 0 aliphatic rings. The van der Waals surface area contributed by atoms with Gasteiger partial charge in [0.2, 0.25) is 0 Å². The molecule has 1 aromatic rings. The zero-order valence-electron chi connectivity index (χ0n) is 12.2. The summed E-state index contributed by atoms with van der Waals surface area (Å²) in [6.45, 7) is 3.88. The number of carbonyl (C=O) groups excluding carboxylic acids is 2. The van der Waals surface area contributed by atoms with E-state index in [1.165, 1.54) is 6.08 Å². The highest BCUT2D eigenvalue weighted by Crippen LogP contribution is 2.16. The standard InChI is InChI=1S/C16H19NO4/c1-3-20-14(18)11-10-13(16(19)21-4-2)15(17)12-8-6-5-7-9-12/h5-11H,3-4,17H2,1-2H3. The summed E-state index contributed by atoms with van der Waals surface area (Å²) < 4.78 is 9.73. The quantitative estimate of drug-likeness (QED) is 0.492. The Hall–Kier alpha value is -2.56. The van der Waals surface area contributed by atoms with Crippen molar-refractivity contribution >= 4 is 17.6 Å². The summed E-state index contributed by atoms with van der Waals surface area (Å²) in [5.74, 6) is -1.13. The maximum absolute atomic E-state index is 12.0. The van der Waals surface area contributed by atoms with E-state index in [9.17, 15) is 9.59 Å². The van der Waals surface area contributed by atoms with Gasteiger partial charge in [0.25, 0.3) is 0 Å². The van der Waals surface area contributed by atoms with Crippen molar-refractivity contribution in [1.82, 2.24) is 0 Å². The van der Waals surface area contributed by atoms with E-state index in [2.05, 4.69) is 0 Å². The van der Waals surface area contributed by atoms with Crippen molar-refractivity contribution in [3.8, 4) is 0 Å². The Bertz CT molecular complexity index is 547. The Labute approximate surface area is 124 Å². The van der Waals surface area contributed by atoms with Crippen LogP contribution in [-0.4, -0.2) is 25.2 Å². The van der Waals surface area contributed by atoms with E-state index in [0.29, 0.717) is 5.56 Å². The van der Waals surface area contributed by atoms with E-state index >= 15 is 0 Å². The maximum atomic E-state index is 12.0. The molecule has 0 fully saturated rings. The molecule has 0 atom stereocenters. The first-order chi connectivity index (χ1) is 10.1. The molecule has 0 saturated carbocycles. The van der Waals surface area contributed by atoms with E-state index in [4.69, 9.17) is 15.2 Å². The molecule has 21 heavy (non-hydrogen) atoms. The minimum absolute atomic E-state index is 0.121. The first-order valence-corrected chi connectivity index (χ1v) is 6.67. The molecule has 1 aromatic carbocycles. The number of ether oxygens (including phenoxy) is 2. The van der Waals surface area contributed by atoms with Crippen LogP contribution in [0.1, 0.15) is 19.4 Å². The lowest BCUT2D eigenvalue weighted by Gasteiger charge is -2.08. The molecule has 0 radical (unpaired) electrons. The van der Waals surface area contributed by atoms with Crippen LogP contribution in [0.5, 0.6) is 0 Å². The van der Waals surface area contributed by atoms with Crippen LogP contribution in [0, 0.1) is 0 Å². The van der Waals surface area contributed by atoms with E-state index in [1.807, 2.05) is 6.07 Å². The third kappa shape index (κ3) is 5.14. The number of carbonyl (C=O) groups is 2. The fourth-order valence-corrected chi connectivity index (χ4v) is 1.59. The smallest absolute Gasteiger partial charge is 0.340 e. The van der Waals surface area contributed by atoms with E-state index in [-0.39, 0.29) is 24.5 Å². The molecule has 0 heterocycles. The van der Waals surface area contributed by atoms with Gasteiger partial charge in [0, 0.05) is 6.08 Å². The van der Waals surface area contributed by atoms with Gasteiger partial charge < -0.3 is 15.2 Å². The number of esters is 2. The van der Waals surface area contributed by atoms with Gasteiger partial charge in [-0.1, -0.05) is 30.3 Å². The normalized spacial score (nSPS) is 11.9. The lowest BCUT2D eigenvalue weighted by molar-refractivity contribution is -0.138. The Kier molecular flexibility index (Phi) is 6.74. The van der Waals surface area contributed by atoms with Crippen LogP contribution in [0.3, 0.4) is 0 Å². The first kappa shape index (κ1) is 16.5. The third-order valence-corrected chi connectivity index (χ3v) is 2.54. The van der Waals surface area contributed by atoms with Crippen LogP contribution in [-0.2, 0) is 19.1 Å². The summed E-state index contributed by atoms with van der Waals surface area (Å²) >= 11 is 0. The van der Waals surface area contributed by atoms with Crippen LogP contribution in [0.15, 0.2) is 48.1 Å². The molecule has 1 rings (SSSR count). The number of benzene rings is 1. The van der Waals surface area contributed by atoms with Crippen molar-refractivity contribution in [2.24, 2.45) is 5.73 Å². The molecule has 2 N–H and O–H groups in total. The average molecular weight is 289 g/mol. The van der Waals surface area contributed by atoms with E-state index < -0.39 is 11.9 Å². The fourth-order valence-electron chi connectivity index (χ4n) is 1.59. The van der Waals surface area contributed by atoms with Gasteiger partial charge in [-0.3, -0.25) is 0 Å². The van der Waals surface area contributed by atoms with Crippen molar-refractivity contribution in [3.63, 3.8) is 0 Å². The minimum Gasteiger partial charge on any atom is -0.463 e. The van der Waals surface area contributed by atoms with Crippen molar-refractivity contribution in [2.75, 3.05) is 13.2 Å². The molecule has 5 nitrogen and oxygen atoms in total. The zero-order valence-corrected chi connectivity index (χ0v) is 12.2. The molecule has 0 spiro atoms. The van der Waals surface area contributed by atoms with E-state index in [0.717, 1.165) is 6.08 Å². The maximum Gasteiger partial charge on any atom is 0.340 e. The average Bonchev–Trinajstić information content (AvgIpc) is 2.48. The third-order valence-electron chi connectivity index (χ3n) is 2.54. The van der Waals surface area contributed by atoms with Gasteiger partial charge in [-0.2, -0.15) is 0 Å². The van der Waals surface area contributed by atoms with Crippen LogP contribution >= 0.6 is 0 Å². The Morgan fingerprint density at radius 3 is 2.24 bits per heavy atom. The number of hydrogen-bond acceptors (Lipinski definition) is 5. The highest BCUT2D eigenvalue weighted by atomic mass is 16.5. The van der Waals surface area contributed by atoms with Gasteiger partial charge in [-0.25, -0.2) is 9.59 Å². The SMILES string of the molecule is CCOC(=O)C=CC(C(=O)OCC)=C(N)c1ccccc1. The predicted molar refractivity (Wildman–Crippen MR) is 80.0 cm³/mol. The molecular formula is C16H19NO4. The summed E-state index contributed by atoms with van der Waals surface area (Å²) in [6, 6.07) is 8.99. The van der Waals surface area contributed by atoms with Crippen LogP contribution in [0.4, 0.5) is 0 Å². The van der Waals surface area contributed by atoms with Crippen LogP contribution < -0.4 is 5.73 Å². The van der Waals surface area contributed by atoms with Crippen molar-refractivity contribution in [2.45, 2.75) is 13.8 Å². The summed E-state index contributed by atoms with van der Waals surface area (Å²) in [7, 11) is 0. The molecule has 0 bridgehead atoms. The summed E-state index contributed by atoms with van der Waals surface area (Å²) in [5.41, 5.74) is 7.05. The number of nitrogens with two attached hydrogens (primary N) is 1. The van der Waals surface area contributed by atoms with Crippen molar-refractivity contribution in [1.29, 1.82) is 0 Å². The summed E-state index contributed by atoms with van der Waals surface area (Å²) in [5, 5.41) is 0. The van der Waals surface area contributed by atoms with Gasteiger partial charge in [0.05, 0.1) is 24.5 Å². The van der Waals surface area contributed by atoms with Crippen molar-refractivity contribution < 1.29 is 19.1 Å². The molecular weight excluding hydrogens is 270 g/mol. The fraction of sp³-hybridized carbons (Fsp3) is 0.250. The van der Waals surface area contributed by atoms with Crippen LogP contribution in [0.25, 0.3) is 5.70 Å². The van der Waals surface area contributed by atoms with Gasteiger partial charge in [-0.05, 0) is 25.5 Å². The highest BCUT2D eigenvalue weighted by Gasteiger charge is 2.14. The summed E-state index contributed by atoms with van der Waals surface area (Å²) in [6.07, 6.45) is 2.48. The second kappa shape index (κ2) is 8.58. The van der Waals surface area contributed by atoms with Gasteiger partial charge in [-0.15, -0.1) is 0 Å². The predicted octanol–water partition coefficient (Wildman–Crippen LogP) is 2.04. The molecule has 0 aliphatic heterocycles. The topological polar surface area (TPSA) is 78.6 Å². The monoisotopic (exact) mass is 289 g/mol. The van der Waals surface area contributed by atoms with Crippen molar-refractivity contribution in [3.05, 3.63) is 53.6 Å². The lowest BCUT2D eigenvalue weighted by Crippen LogP contribution is -2.13.